The van der Waals surface area contributed by atoms with E-state index in [1.165, 1.54) is 18.4 Å². The van der Waals surface area contributed by atoms with Crippen LogP contribution < -0.4 is 10.6 Å². The summed E-state index contributed by atoms with van der Waals surface area (Å²) in [6.07, 6.45) is 5.26. The van der Waals surface area contributed by atoms with Gasteiger partial charge in [-0.25, -0.2) is 4.79 Å². The third-order valence-electron chi connectivity index (χ3n) is 7.37. The van der Waals surface area contributed by atoms with Crippen molar-refractivity contribution < 1.29 is 44.3 Å². The van der Waals surface area contributed by atoms with Crippen molar-refractivity contribution in [2.75, 3.05) is 80.3 Å². The molecule has 0 bridgehead atoms. The zero-order valence-corrected chi connectivity index (χ0v) is 44.4. The monoisotopic (exact) mass is 988 g/mol. The van der Waals surface area contributed by atoms with Gasteiger partial charge >= 0.3 is 23.6 Å². The van der Waals surface area contributed by atoms with Crippen LogP contribution in [0.15, 0.2) is 24.3 Å². The van der Waals surface area contributed by atoms with Crippen molar-refractivity contribution in [1.29, 1.82) is 0 Å². The molecule has 0 radical (unpaired) electrons. The molecule has 0 aliphatic carbocycles. The van der Waals surface area contributed by atoms with Crippen LogP contribution in [0.5, 0.6) is 0 Å². The van der Waals surface area contributed by atoms with Crippen LogP contribution in [0, 0.1) is 6.92 Å². The first-order valence-corrected chi connectivity index (χ1v) is 33.7. The molecule has 344 valence electrons. The van der Waals surface area contributed by atoms with Crippen LogP contribution in [-0.4, -0.2) is 112 Å². The number of benzene rings is 1. The number of aryl methyl sites for hydroxylation is 1. The number of hydrogen-bond acceptors (Lipinski definition) is 14. The van der Waals surface area contributed by atoms with E-state index in [0.29, 0.717) is 46.1 Å². The minimum Gasteiger partial charge on any atom is -0.374 e. The maximum atomic E-state index is 11.3. The SMILES string of the molecule is CCCCNC(=O)Nc1ccc(C)cc1.CCCCSSCCCS(=O)(=O)O.CCO[Si](CCCSS(=S)(=S)CCC[Si](OCC)(OCC)OCC)(OCC)OCC. The smallest absolute Gasteiger partial charge is 0.374 e. The fraction of sp³-hybridized carbons (Fsp3) is 0.811. The van der Waals surface area contributed by atoms with Gasteiger partial charge in [-0.15, -0.1) is 0 Å². The van der Waals surface area contributed by atoms with Crippen LogP contribution in [-0.2, 0) is 65.2 Å². The van der Waals surface area contributed by atoms with Crippen molar-refractivity contribution in [2.45, 2.75) is 119 Å². The molecular weight excluding hydrogens is 913 g/mol. The molecule has 0 heterocycles. The molecule has 58 heavy (non-hydrogen) atoms. The Morgan fingerprint density at radius 2 is 1.10 bits per heavy atom. The number of amides is 2. The summed E-state index contributed by atoms with van der Waals surface area (Å²) in [5.41, 5.74) is 2.02. The lowest BCUT2D eigenvalue weighted by molar-refractivity contribution is 0.0704. The lowest BCUT2D eigenvalue weighted by Gasteiger charge is -2.29. The van der Waals surface area contributed by atoms with Gasteiger partial charge in [-0.2, -0.15) is 8.42 Å². The molecule has 0 spiro atoms. The lowest BCUT2D eigenvalue weighted by atomic mass is 10.2. The number of carbonyl (C=O) groups is 1. The fourth-order valence-electron chi connectivity index (χ4n) is 4.81. The Labute approximate surface area is 376 Å². The zero-order chi connectivity index (χ0) is 44.2. The summed E-state index contributed by atoms with van der Waals surface area (Å²) in [5, 5.41) is 5.57. The van der Waals surface area contributed by atoms with E-state index in [2.05, 4.69) is 24.5 Å². The average Bonchev–Trinajstić information content (AvgIpc) is 3.15. The first-order chi connectivity index (χ1) is 27.6. The highest BCUT2D eigenvalue weighted by atomic mass is 33.5. The van der Waals surface area contributed by atoms with E-state index in [9.17, 15) is 13.2 Å². The Balaban J connectivity index is 0. The van der Waals surface area contributed by atoms with Gasteiger partial charge in [-0.3, -0.25) is 4.55 Å². The summed E-state index contributed by atoms with van der Waals surface area (Å²) in [6.45, 7) is 22.4. The molecule has 0 aromatic heterocycles. The van der Waals surface area contributed by atoms with Crippen molar-refractivity contribution in [1.82, 2.24) is 5.32 Å². The number of unbranched alkanes of at least 4 members (excludes halogenated alkanes) is 2. The van der Waals surface area contributed by atoms with E-state index in [1.807, 2.05) is 72.7 Å². The second-order valence-corrected chi connectivity index (χ2v) is 32.1. The van der Waals surface area contributed by atoms with E-state index in [4.69, 9.17) is 53.5 Å². The molecule has 0 atom stereocenters. The minimum absolute atomic E-state index is 0.117. The van der Waals surface area contributed by atoms with Gasteiger partial charge in [0, 0.05) is 87.0 Å². The number of carbonyl (C=O) groups excluding carboxylic acids is 1. The summed E-state index contributed by atoms with van der Waals surface area (Å²) < 4.78 is 64.5. The quantitative estimate of drug-likeness (QED) is 0.0265. The Morgan fingerprint density at radius 3 is 1.53 bits per heavy atom. The highest BCUT2D eigenvalue weighted by Crippen LogP contribution is 2.26. The van der Waals surface area contributed by atoms with Gasteiger partial charge in [-0.1, -0.05) is 76.8 Å². The third-order valence-corrected chi connectivity index (χ3v) is 23.5. The van der Waals surface area contributed by atoms with Crippen LogP contribution in [0.4, 0.5) is 10.5 Å². The summed E-state index contributed by atoms with van der Waals surface area (Å²) in [7, 11) is -3.78. The van der Waals surface area contributed by atoms with Crippen molar-refractivity contribution >= 4 is 100 Å². The molecule has 0 unspecified atom stereocenters. The van der Waals surface area contributed by atoms with E-state index in [0.717, 1.165) is 73.0 Å². The minimum atomic E-state index is -3.74. The van der Waals surface area contributed by atoms with Gasteiger partial charge in [0.05, 0.1) is 5.75 Å². The molecule has 2 amide bonds. The largest absolute Gasteiger partial charge is 0.500 e. The zero-order valence-electron chi connectivity index (χ0n) is 36.6. The topological polar surface area (TPSA) is 151 Å². The maximum Gasteiger partial charge on any atom is 0.500 e. The highest BCUT2D eigenvalue weighted by Gasteiger charge is 2.40. The second-order valence-electron chi connectivity index (χ2n) is 12.5. The molecule has 1 aromatic rings. The number of urea groups is 1. The average molecular weight is 990 g/mol. The van der Waals surface area contributed by atoms with E-state index < -0.39 is 33.9 Å². The Kier molecular flexibility index (Phi) is 39.6. The summed E-state index contributed by atoms with van der Waals surface area (Å²) in [5.74, 6) is 3.50. The molecule has 3 N–H and O–H groups in total. The molecule has 21 heteroatoms. The molecule has 0 aliphatic heterocycles. The summed E-state index contributed by atoms with van der Waals surface area (Å²) in [4.78, 5) is 11.3. The van der Waals surface area contributed by atoms with Crippen molar-refractivity contribution in [3.63, 3.8) is 0 Å². The lowest BCUT2D eigenvalue weighted by Crippen LogP contribution is -2.46. The predicted octanol–water partition coefficient (Wildman–Crippen LogP) is 9.95. The molecule has 1 aromatic carbocycles. The normalized spacial score (nSPS) is 12.0. The van der Waals surface area contributed by atoms with Crippen LogP contribution in [0.2, 0.25) is 12.1 Å². The molecule has 12 nitrogen and oxygen atoms in total. The van der Waals surface area contributed by atoms with Crippen molar-refractivity contribution in [3.8, 4) is 0 Å². The second kappa shape index (κ2) is 37.9. The molecule has 0 saturated carbocycles. The van der Waals surface area contributed by atoms with Gasteiger partial charge in [0.15, 0.2) is 0 Å². The van der Waals surface area contributed by atoms with Crippen molar-refractivity contribution in [3.05, 3.63) is 29.8 Å². The van der Waals surface area contributed by atoms with Crippen LogP contribution in [0.3, 0.4) is 0 Å². The van der Waals surface area contributed by atoms with E-state index >= 15 is 0 Å². The van der Waals surface area contributed by atoms with Gasteiger partial charge in [0.1, 0.15) is 0 Å². The number of hydrogen-bond donors (Lipinski definition) is 3. The number of rotatable bonds is 33. The Hall–Kier alpha value is 0.434. The van der Waals surface area contributed by atoms with Crippen LogP contribution in [0.1, 0.15) is 106 Å². The summed E-state index contributed by atoms with van der Waals surface area (Å²) in [6, 6.07) is 9.17. The third kappa shape index (κ3) is 35.0. The Bertz CT molecular complexity index is 1320. The first-order valence-electron chi connectivity index (χ1n) is 20.6. The van der Waals surface area contributed by atoms with Crippen molar-refractivity contribution in [2.24, 2.45) is 0 Å². The van der Waals surface area contributed by atoms with Gasteiger partial charge in [0.25, 0.3) is 10.1 Å². The highest BCUT2D eigenvalue weighted by molar-refractivity contribution is 8.97. The summed E-state index contributed by atoms with van der Waals surface area (Å²) >= 11 is 11.5. The number of anilines is 1. The maximum absolute atomic E-state index is 11.3. The molecule has 0 fully saturated rings. The Morgan fingerprint density at radius 1 is 0.655 bits per heavy atom. The molecule has 0 saturated heterocycles. The molecule has 0 aliphatic rings. The standard InChI is InChI=1S/C18H42O6S4Si2.C12H18N2O.C7H16O3S3/c1-7-19-29(20-8-2,21-9-3)17-13-15-27-28(25,26)16-14-18-30(22-10-4,23-11-5)24-12-6;1-3-4-9-13-12(15)14-11-7-5-10(2)6-8-11;1-2-3-5-11-12-6-4-7-13(8,9)10/h7-18H2,1-6H3;5-8H,3-4,9H2,1-2H3,(H2,13,14,15);2-7H2,1H3,(H,8,9,10). The van der Waals surface area contributed by atoms with Crippen LogP contribution >= 0.6 is 32.4 Å². The first kappa shape index (κ1) is 60.5. The van der Waals surface area contributed by atoms with E-state index in [-0.39, 0.29) is 11.8 Å². The van der Waals surface area contributed by atoms with Gasteiger partial charge in [-0.05, 0) is 121 Å². The molecule has 1 rings (SSSR count). The van der Waals surface area contributed by atoms with Gasteiger partial charge in [0.2, 0.25) is 0 Å². The molecular formula is C37H76N2O10S7Si2. The van der Waals surface area contributed by atoms with Gasteiger partial charge < -0.3 is 37.2 Å². The number of nitrogens with one attached hydrogen (secondary N) is 2. The van der Waals surface area contributed by atoms with E-state index in [1.54, 1.807) is 32.4 Å². The fourth-order valence-corrected chi connectivity index (χ4v) is 18.4. The predicted molar refractivity (Wildman–Crippen MR) is 263 cm³/mol. The van der Waals surface area contributed by atoms with Crippen LogP contribution in [0.25, 0.3) is 0 Å².